The summed E-state index contributed by atoms with van der Waals surface area (Å²) in [5.41, 5.74) is 11.0. The molecule has 1 aliphatic heterocycles. The highest BCUT2D eigenvalue weighted by atomic mass is 16.1. The average molecular weight is 333 g/mol. The molecular formula is C15H23N7O2. The Morgan fingerprint density at radius 1 is 1.50 bits per heavy atom. The van der Waals surface area contributed by atoms with E-state index in [1.807, 2.05) is 30.0 Å². The van der Waals surface area contributed by atoms with Crippen molar-refractivity contribution in [2.75, 3.05) is 44.4 Å². The van der Waals surface area contributed by atoms with Gasteiger partial charge in [-0.2, -0.15) is 4.98 Å². The van der Waals surface area contributed by atoms with E-state index < -0.39 is 5.91 Å². The summed E-state index contributed by atoms with van der Waals surface area (Å²) in [6.45, 7) is 1.99. The van der Waals surface area contributed by atoms with E-state index in [9.17, 15) is 9.59 Å². The number of carbonyl (C=O) groups is 2. The Morgan fingerprint density at radius 3 is 2.88 bits per heavy atom. The zero-order valence-corrected chi connectivity index (χ0v) is 13.9. The Labute approximate surface area is 140 Å². The molecule has 1 aromatic heterocycles. The smallest absolute Gasteiger partial charge is 0.254 e. The van der Waals surface area contributed by atoms with Crippen molar-refractivity contribution in [3.05, 3.63) is 23.9 Å². The lowest BCUT2D eigenvalue weighted by molar-refractivity contribution is -0.117. The lowest BCUT2D eigenvalue weighted by atomic mass is 10.2. The molecule has 5 N–H and O–H groups in total. The van der Waals surface area contributed by atoms with Crippen molar-refractivity contribution in [1.82, 2.24) is 20.2 Å². The Kier molecular flexibility index (Phi) is 5.69. The van der Waals surface area contributed by atoms with E-state index in [4.69, 9.17) is 11.5 Å². The van der Waals surface area contributed by atoms with Crippen LogP contribution in [-0.2, 0) is 4.79 Å². The van der Waals surface area contributed by atoms with E-state index in [0.717, 1.165) is 6.42 Å². The lowest BCUT2D eigenvalue weighted by Crippen LogP contribution is -2.36. The van der Waals surface area contributed by atoms with E-state index in [2.05, 4.69) is 15.3 Å². The summed E-state index contributed by atoms with van der Waals surface area (Å²) >= 11 is 0. The molecule has 2 amide bonds. The van der Waals surface area contributed by atoms with Crippen molar-refractivity contribution in [3.8, 4) is 0 Å². The molecule has 0 unspecified atom stereocenters. The van der Waals surface area contributed by atoms with Crippen LogP contribution < -0.4 is 21.7 Å². The number of nitrogens with zero attached hydrogens (tertiary/aromatic N) is 4. The van der Waals surface area contributed by atoms with Gasteiger partial charge in [0.25, 0.3) is 5.91 Å². The van der Waals surface area contributed by atoms with Crippen LogP contribution in [0, 0.1) is 0 Å². The number of hydrogen-bond donors (Lipinski definition) is 3. The van der Waals surface area contributed by atoms with Crippen molar-refractivity contribution in [3.63, 3.8) is 0 Å². The van der Waals surface area contributed by atoms with Crippen LogP contribution in [0.4, 0.5) is 11.8 Å². The fourth-order valence-corrected chi connectivity index (χ4v) is 2.41. The molecule has 9 nitrogen and oxygen atoms in total. The number of primary amides is 1. The Hall–Kier alpha value is -2.68. The second-order valence-corrected chi connectivity index (χ2v) is 5.94. The molecule has 1 fully saturated rings. The second-order valence-electron chi connectivity index (χ2n) is 5.94. The highest BCUT2D eigenvalue weighted by molar-refractivity contribution is 5.96. The van der Waals surface area contributed by atoms with Gasteiger partial charge in [0.05, 0.1) is 5.56 Å². The summed E-state index contributed by atoms with van der Waals surface area (Å²) in [5, 5.41) is 2.95. The topological polar surface area (TPSA) is 130 Å². The number of rotatable bonds is 6. The Bertz CT molecular complexity index is 645. The zero-order chi connectivity index (χ0) is 17.7. The Balaban J connectivity index is 1.91. The molecule has 1 saturated heterocycles. The first-order valence-corrected chi connectivity index (χ1v) is 7.66. The SMILES string of the molecule is CN(C)CC=CC(=O)N[C@@H]1CCN(c2ncc(C(N)=O)c(N)n2)C1. The third kappa shape index (κ3) is 4.66. The number of nitrogen functional groups attached to an aromatic ring is 1. The number of nitrogens with one attached hydrogen (secondary N) is 1. The number of amides is 2. The van der Waals surface area contributed by atoms with Gasteiger partial charge in [-0.15, -0.1) is 0 Å². The van der Waals surface area contributed by atoms with Crippen LogP contribution in [0.15, 0.2) is 18.3 Å². The fourth-order valence-electron chi connectivity index (χ4n) is 2.41. The van der Waals surface area contributed by atoms with Crippen molar-refractivity contribution >= 4 is 23.6 Å². The first-order chi connectivity index (χ1) is 11.4. The third-order valence-corrected chi connectivity index (χ3v) is 3.63. The monoisotopic (exact) mass is 333 g/mol. The summed E-state index contributed by atoms with van der Waals surface area (Å²) in [4.78, 5) is 35.1. The highest BCUT2D eigenvalue weighted by Gasteiger charge is 2.25. The van der Waals surface area contributed by atoms with Crippen molar-refractivity contribution in [1.29, 1.82) is 0 Å². The van der Waals surface area contributed by atoms with E-state index in [1.54, 1.807) is 6.08 Å². The fraction of sp³-hybridized carbons (Fsp3) is 0.467. The van der Waals surface area contributed by atoms with Gasteiger partial charge in [0, 0.05) is 37.9 Å². The molecule has 1 aliphatic rings. The highest BCUT2D eigenvalue weighted by Crippen LogP contribution is 2.18. The maximum atomic E-state index is 11.9. The van der Waals surface area contributed by atoms with Gasteiger partial charge in [0.15, 0.2) is 0 Å². The molecule has 130 valence electrons. The molecule has 2 heterocycles. The second kappa shape index (κ2) is 7.73. The zero-order valence-electron chi connectivity index (χ0n) is 13.9. The number of carbonyl (C=O) groups excluding carboxylic acids is 2. The van der Waals surface area contributed by atoms with Gasteiger partial charge in [-0.25, -0.2) is 4.98 Å². The van der Waals surface area contributed by atoms with Crippen molar-refractivity contribution in [2.24, 2.45) is 5.73 Å². The number of likely N-dealkylation sites (N-methyl/N-ethyl adjacent to an activating group) is 1. The molecule has 1 aromatic rings. The van der Waals surface area contributed by atoms with Gasteiger partial charge in [-0.05, 0) is 20.5 Å². The average Bonchev–Trinajstić information content (AvgIpc) is 2.94. The quantitative estimate of drug-likeness (QED) is 0.567. The number of nitrogens with two attached hydrogens (primary N) is 2. The minimum atomic E-state index is -0.657. The lowest BCUT2D eigenvalue weighted by Gasteiger charge is -2.17. The minimum Gasteiger partial charge on any atom is -0.383 e. The molecule has 9 heteroatoms. The van der Waals surface area contributed by atoms with Crippen molar-refractivity contribution < 1.29 is 9.59 Å². The van der Waals surface area contributed by atoms with Gasteiger partial charge >= 0.3 is 0 Å². The summed E-state index contributed by atoms with van der Waals surface area (Å²) in [5.74, 6) is -0.285. The van der Waals surface area contributed by atoms with Gasteiger partial charge in [0.2, 0.25) is 11.9 Å². The summed E-state index contributed by atoms with van der Waals surface area (Å²) < 4.78 is 0. The largest absolute Gasteiger partial charge is 0.383 e. The molecule has 0 bridgehead atoms. The summed E-state index contributed by atoms with van der Waals surface area (Å²) in [6, 6.07) is 0.0159. The molecule has 0 aromatic carbocycles. The number of hydrogen-bond acceptors (Lipinski definition) is 7. The van der Waals surface area contributed by atoms with Gasteiger partial charge in [-0.1, -0.05) is 6.08 Å². The standard InChI is InChI=1S/C15H23N7O2/c1-21(2)6-3-4-12(23)19-10-5-7-22(9-10)15-18-8-11(14(17)24)13(16)20-15/h3-4,8,10H,5-7,9H2,1-2H3,(H2,17,24)(H,19,23)(H2,16,18,20)/t10-/m1/s1. The predicted molar refractivity (Wildman–Crippen MR) is 91.4 cm³/mol. The van der Waals surface area contributed by atoms with Crippen LogP contribution in [0.5, 0.6) is 0 Å². The third-order valence-electron chi connectivity index (χ3n) is 3.63. The first-order valence-electron chi connectivity index (χ1n) is 7.66. The molecule has 0 spiro atoms. The van der Waals surface area contributed by atoms with Gasteiger partial charge < -0.3 is 26.6 Å². The first kappa shape index (κ1) is 17.7. The number of aromatic nitrogens is 2. The molecule has 0 aliphatic carbocycles. The van der Waals surface area contributed by atoms with Gasteiger partial charge in [-0.3, -0.25) is 9.59 Å². The molecule has 0 saturated carbocycles. The van der Waals surface area contributed by atoms with Crippen LogP contribution in [0.1, 0.15) is 16.8 Å². The molecule has 1 atom stereocenters. The normalized spacial score (nSPS) is 17.6. The number of anilines is 2. The van der Waals surface area contributed by atoms with Crippen LogP contribution in [0.2, 0.25) is 0 Å². The van der Waals surface area contributed by atoms with Crippen LogP contribution in [0.3, 0.4) is 0 Å². The minimum absolute atomic E-state index is 0.0159. The maximum absolute atomic E-state index is 11.9. The maximum Gasteiger partial charge on any atom is 0.254 e. The van der Waals surface area contributed by atoms with Crippen LogP contribution in [0.25, 0.3) is 0 Å². The molecule has 2 rings (SSSR count). The van der Waals surface area contributed by atoms with E-state index in [0.29, 0.717) is 25.6 Å². The van der Waals surface area contributed by atoms with Gasteiger partial charge in [0.1, 0.15) is 5.82 Å². The predicted octanol–water partition coefficient (Wildman–Crippen LogP) is -1.03. The Morgan fingerprint density at radius 2 is 2.25 bits per heavy atom. The van der Waals surface area contributed by atoms with Crippen LogP contribution in [-0.4, -0.2) is 66.5 Å². The van der Waals surface area contributed by atoms with E-state index in [-0.39, 0.29) is 23.3 Å². The van der Waals surface area contributed by atoms with E-state index >= 15 is 0 Å². The van der Waals surface area contributed by atoms with E-state index in [1.165, 1.54) is 6.20 Å². The van der Waals surface area contributed by atoms with Crippen molar-refractivity contribution in [2.45, 2.75) is 12.5 Å². The molecular weight excluding hydrogens is 310 g/mol. The summed E-state index contributed by atoms with van der Waals surface area (Å²) in [7, 11) is 3.87. The van der Waals surface area contributed by atoms with Crippen LogP contribution >= 0.6 is 0 Å². The molecule has 24 heavy (non-hydrogen) atoms. The summed E-state index contributed by atoms with van der Waals surface area (Å²) in [6.07, 6.45) is 5.47. The molecule has 0 radical (unpaired) electrons.